The summed E-state index contributed by atoms with van der Waals surface area (Å²) in [6, 6.07) is 13.1. The van der Waals surface area contributed by atoms with E-state index in [9.17, 15) is 36.8 Å². The third kappa shape index (κ3) is 6.77. The molecule has 0 spiro atoms. The number of nitrogens with zero attached hydrogens (tertiary/aromatic N) is 1. The number of carbonyl (C=O) groups excluding carboxylic acids is 1. The van der Waals surface area contributed by atoms with E-state index in [2.05, 4.69) is 5.32 Å². The Hall–Kier alpha value is -4.30. The maximum absolute atomic E-state index is 14.5. The van der Waals surface area contributed by atoms with Crippen molar-refractivity contribution in [2.24, 2.45) is 0 Å². The van der Waals surface area contributed by atoms with E-state index in [4.69, 9.17) is 5.11 Å². The fraction of sp³-hybridized carbons (Fsp3) is 0.258. The summed E-state index contributed by atoms with van der Waals surface area (Å²) in [7, 11) is 0. The Bertz CT molecular complexity index is 1640. The molecule has 1 heterocycles. The SMILES string of the molecule is CCCC(c1ccc(C(=O)NCCC(=O)O)cc1)C(c1cc(F)cc(F)c1)c1csc2c(C#N)cc(C(F)(F)F)cc12. The normalized spacial score (nSPS) is 13.0. The predicted octanol–water partition coefficient (Wildman–Crippen LogP) is 7.99. The highest BCUT2D eigenvalue weighted by Crippen LogP contribution is 2.47. The van der Waals surface area contributed by atoms with E-state index < -0.39 is 47.1 Å². The number of nitrogens with one attached hydrogen (secondary N) is 1. The fourth-order valence-corrected chi connectivity index (χ4v) is 6.18. The zero-order valence-electron chi connectivity index (χ0n) is 22.3. The van der Waals surface area contributed by atoms with E-state index >= 15 is 0 Å². The second-order valence-corrected chi connectivity index (χ2v) is 10.7. The molecule has 2 atom stereocenters. The van der Waals surface area contributed by atoms with Crippen molar-refractivity contribution in [3.63, 3.8) is 0 Å². The molecular formula is C31H25F5N2O3S. The minimum atomic E-state index is -4.72. The maximum Gasteiger partial charge on any atom is 0.416 e. The molecule has 1 amide bonds. The van der Waals surface area contributed by atoms with Gasteiger partial charge in [0.1, 0.15) is 17.7 Å². The molecule has 4 aromatic rings. The number of benzene rings is 3. The van der Waals surface area contributed by atoms with Gasteiger partial charge in [-0.05, 0) is 76.2 Å². The summed E-state index contributed by atoms with van der Waals surface area (Å²) in [5.74, 6) is -4.49. The third-order valence-electron chi connectivity index (χ3n) is 6.96. The Kier molecular flexibility index (Phi) is 9.27. The van der Waals surface area contributed by atoms with E-state index in [0.29, 0.717) is 34.7 Å². The molecular weight excluding hydrogens is 575 g/mol. The molecule has 2 N–H and O–H groups in total. The summed E-state index contributed by atoms with van der Waals surface area (Å²) in [5, 5.41) is 22.7. The van der Waals surface area contributed by atoms with E-state index in [-0.39, 0.29) is 35.0 Å². The molecule has 0 aliphatic carbocycles. The van der Waals surface area contributed by atoms with Gasteiger partial charge in [-0.2, -0.15) is 18.4 Å². The number of amides is 1. The molecule has 2 unspecified atom stereocenters. The average molecular weight is 601 g/mol. The van der Waals surface area contributed by atoms with Gasteiger partial charge in [-0.3, -0.25) is 9.59 Å². The average Bonchev–Trinajstić information content (AvgIpc) is 3.35. The number of carboxylic acids is 1. The first-order chi connectivity index (χ1) is 19.9. The standard InChI is InChI=1S/C31H25F5N2O3S/c1-2-3-24(17-4-6-18(7-5-17)30(41)38-9-8-27(39)40)28(19-11-22(32)14-23(33)12-19)26-16-42-29-20(15-37)10-21(13-25(26)29)31(34,35)36/h4-7,10-14,16,24,28H,2-3,8-9H2,1H3,(H,38,41)(H,39,40). The highest BCUT2D eigenvalue weighted by atomic mass is 32.1. The second kappa shape index (κ2) is 12.7. The summed E-state index contributed by atoms with van der Waals surface area (Å²) in [5.41, 5.74) is 0.419. The molecule has 0 saturated heterocycles. The molecule has 0 aliphatic heterocycles. The minimum absolute atomic E-state index is 0.0581. The fourth-order valence-electron chi connectivity index (χ4n) is 5.13. The van der Waals surface area contributed by atoms with Gasteiger partial charge in [0.15, 0.2) is 0 Å². The van der Waals surface area contributed by atoms with Crippen LogP contribution >= 0.6 is 11.3 Å². The van der Waals surface area contributed by atoms with Gasteiger partial charge >= 0.3 is 12.1 Å². The van der Waals surface area contributed by atoms with Gasteiger partial charge in [0.05, 0.1) is 22.2 Å². The lowest BCUT2D eigenvalue weighted by atomic mass is 9.74. The molecule has 0 aliphatic rings. The number of carboxylic acid groups (broad SMARTS) is 1. The lowest BCUT2D eigenvalue weighted by Gasteiger charge is -2.29. The van der Waals surface area contributed by atoms with Crippen LogP contribution in [0, 0.1) is 23.0 Å². The number of halogens is 5. The third-order valence-corrected chi connectivity index (χ3v) is 8.01. The van der Waals surface area contributed by atoms with Crippen molar-refractivity contribution in [2.45, 2.75) is 44.2 Å². The summed E-state index contributed by atoms with van der Waals surface area (Å²) in [6.45, 7) is 1.85. The van der Waals surface area contributed by atoms with Crippen LogP contribution in [-0.4, -0.2) is 23.5 Å². The van der Waals surface area contributed by atoms with Crippen molar-refractivity contribution in [3.8, 4) is 6.07 Å². The molecule has 218 valence electrons. The van der Waals surface area contributed by atoms with Crippen molar-refractivity contribution in [1.29, 1.82) is 5.26 Å². The quantitative estimate of drug-likeness (QED) is 0.181. The smallest absolute Gasteiger partial charge is 0.416 e. The zero-order chi connectivity index (χ0) is 30.6. The van der Waals surface area contributed by atoms with Crippen LogP contribution in [0.3, 0.4) is 0 Å². The lowest BCUT2D eigenvalue weighted by molar-refractivity contribution is -0.138. The number of aliphatic carboxylic acids is 1. The number of rotatable bonds is 10. The van der Waals surface area contributed by atoms with E-state index in [0.717, 1.165) is 35.6 Å². The Morgan fingerprint density at radius 2 is 1.69 bits per heavy atom. The minimum Gasteiger partial charge on any atom is -0.481 e. The number of nitriles is 1. The molecule has 0 fully saturated rings. The maximum atomic E-state index is 14.5. The Morgan fingerprint density at radius 3 is 2.26 bits per heavy atom. The highest BCUT2D eigenvalue weighted by molar-refractivity contribution is 7.17. The van der Waals surface area contributed by atoms with Gasteiger partial charge < -0.3 is 10.4 Å². The first-order valence-electron chi connectivity index (χ1n) is 13.0. The van der Waals surface area contributed by atoms with Gasteiger partial charge in [-0.25, -0.2) is 8.78 Å². The molecule has 1 aromatic heterocycles. The van der Waals surface area contributed by atoms with Crippen LogP contribution in [0.5, 0.6) is 0 Å². The van der Waals surface area contributed by atoms with Crippen LogP contribution in [0.25, 0.3) is 10.1 Å². The van der Waals surface area contributed by atoms with Gasteiger partial charge in [0, 0.05) is 24.1 Å². The van der Waals surface area contributed by atoms with Crippen LogP contribution in [0.15, 0.2) is 60.0 Å². The summed E-state index contributed by atoms with van der Waals surface area (Å²) < 4.78 is 70.8. The first-order valence-corrected chi connectivity index (χ1v) is 13.9. The van der Waals surface area contributed by atoms with Crippen molar-refractivity contribution < 1.29 is 36.6 Å². The number of alkyl halides is 3. The largest absolute Gasteiger partial charge is 0.481 e. The second-order valence-electron chi connectivity index (χ2n) is 9.80. The van der Waals surface area contributed by atoms with Crippen LogP contribution in [0.1, 0.15) is 76.2 Å². The van der Waals surface area contributed by atoms with Gasteiger partial charge in [0.2, 0.25) is 0 Å². The monoisotopic (exact) mass is 600 g/mol. The molecule has 3 aromatic carbocycles. The topological polar surface area (TPSA) is 90.2 Å². The van der Waals surface area contributed by atoms with Crippen molar-refractivity contribution in [2.75, 3.05) is 6.54 Å². The molecule has 11 heteroatoms. The molecule has 0 bridgehead atoms. The van der Waals surface area contributed by atoms with Crippen LogP contribution < -0.4 is 5.32 Å². The van der Waals surface area contributed by atoms with Crippen molar-refractivity contribution in [3.05, 3.63) is 105 Å². The zero-order valence-corrected chi connectivity index (χ0v) is 23.1. The molecule has 0 radical (unpaired) electrons. The van der Waals surface area contributed by atoms with E-state index in [1.807, 2.05) is 13.0 Å². The Labute approximate surface area is 242 Å². The van der Waals surface area contributed by atoms with Crippen LogP contribution in [0.2, 0.25) is 0 Å². The molecule has 0 saturated carbocycles. The summed E-state index contributed by atoms with van der Waals surface area (Å²) in [4.78, 5) is 23.2. The Balaban J connectivity index is 1.87. The number of thiophene rings is 1. The number of hydrogen-bond donors (Lipinski definition) is 2. The summed E-state index contributed by atoms with van der Waals surface area (Å²) >= 11 is 1.09. The number of carbonyl (C=O) groups is 2. The van der Waals surface area contributed by atoms with Crippen molar-refractivity contribution in [1.82, 2.24) is 5.32 Å². The first kappa shape index (κ1) is 30.7. The Morgan fingerprint density at radius 1 is 1.02 bits per heavy atom. The lowest BCUT2D eigenvalue weighted by Crippen LogP contribution is -2.26. The van der Waals surface area contributed by atoms with Gasteiger partial charge in [-0.15, -0.1) is 11.3 Å². The molecule has 4 rings (SSSR count). The van der Waals surface area contributed by atoms with Crippen LogP contribution in [0.4, 0.5) is 22.0 Å². The number of fused-ring (bicyclic) bond motifs is 1. The van der Waals surface area contributed by atoms with Crippen LogP contribution in [-0.2, 0) is 11.0 Å². The van der Waals surface area contributed by atoms with Gasteiger partial charge in [0.25, 0.3) is 5.91 Å². The van der Waals surface area contributed by atoms with E-state index in [1.54, 1.807) is 29.6 Å². The predicted molar refractivity (Wildman–Crippen MR) is 148 cm³/mol. The van der Waals surface area contributed by atoms with E-state index in [1.165, 1.54) is 0 Å². The molecule has 42 heavy (non-hydrogen) atoms. The summed E-state index contributed by atoms with van der Waals surface area (Å²) in [6.07, 6.45) is -3.86. The van der Waals surface area contributed by atoms with Crippen molar-refractivity contribution >= 4 is 33.3 Å². The van der Waals surface area contributed by atoms with Gasteiger partial charge in [-0.1, -0.05) is 25.5 Å². The highest BCUT2D eigenvalue weighted by Gasteiger charge is 2.34. The molecule has 5 nitrogen and oxygen atoms in total. The number of hydrogen-bond acceptors (Lipinski definition) is 4.